The lowest BCUT2D eigenvalue weighted by atomic mass is 9.95. The number of rotatable bonds is 6. The second-order valence-electron chi connectivity index (χ2n) is 6.10. The number of halogens is 1. The molecule has 1 amide bonds. The SMILES string of the molecule is Cc1ccnc(NC(=O)CC(Cn2cccc2)c2ccc(Cl)cc2)c1. The Kier molecular flexibility index (Phi) is 5.51. The average Bonchev–Trinajstić information content (AvgIpc) is 3.08. The second kappa shape index (κ2) is 7.99. The van der Waals surface area contributed by atoms with Crippen molar-refractivity contribution in [2.24, 2.45) is 0 Å². The minimum Gasteiger partial charge on any atom is -0.354 e. The van der Waals surface area contributed by atoms with Crippen molar-refractivity contribution in [3.8, 4) is 0 Å². The number of hydrogen-bond acceptors (Lipinski definition) is 2. The molecule has 1 aromatic carbocycles. The third-order valence-electron chi connectivity index (χ3n) is 4.05. The van der Waals surface area contributed by atoms with E-state index in [1.165, 1.54) is 0 Å². The van der Waals surface area contributed by atoms with Crippen LogP contribution in [-0.2, 0) is 11.3 Å². The lowest BCUT2D eigenvalue weighted by Crippen LogP contribution is -2.19. The molecule has 2 heterocycles. The van der Waals surface area contributed by atoms with Crippen molar-refractivity contribution >= 4 is 23.3 Å². The third kappa shape index (κ3) is 4.94. The van der Waals surface area contributed by atoms with E-state index in [1.807, 2.05) is 67.8 Å². The van der Waals surface area contributed by atoms with E-state index in [1.54, 1.807) is 6.20 Å². The van der Waals surface area contributed by atoms with E-state index in [9.17, 15) is 4.79 Å². The van der Waals surface area contributed by atoms with Gasteiger partial charge in [0.2, 0.25) is 5.91 Å². The first-order chi connectivity index (χ1) is 12.1. The van der Waals surface area contributed by atoms with Gasteiger partial charge < -0.3 is 9.88 Å². The molecule has 0 saturated heterocycles. The van der Waals surface area contributed by atoms with Crippen LogP contribution in [-0.4, -0.2) is 15.5 Å². The Hall–Kier alpha value is -2.59. The van der Waals surface area contributed by atoms with E-state index in [4.69, 9.17) is 11.6 Å². The summed E-state index contributed by atoms with van der Waals surface area (Å²) < 4.78 is 2.08. The highest BCUT2D eigenvalue weighted by Crippen LogP contribution is 2.24. The number of amides is 1. The second-order valence-corrected chi connectivity index (χ2v) is 6.54. The molecule has 0 spiro atoms. The summed E-state index contributed by atoms with van der Waals surface area (Å²) in [4.78, 5) is 16.7. The summed E-state index contributed by atoms with van der Waals surface area (Å²) in [5.74, 6) is 0.584. The predicted molar refractivity (Wildman–Crippen MR) is 101 cm³/mol. The van der Waals surface area contributed by atoms with Gasteiger partial charge in [-0.05, 0) is 54.4 Å². The van der Waals surface area contributed by atoms with Crippen molar-refractivity contribution in [1.29, 1.82) is 0 Å². The first-order valence-corrected chi connectivity index (χ1v) is 8.56. The minimum absolute atomic E-state index is 0.0504. The van der Waals surface area contributed by atoms with Crippen molar-refractivity contribution in [2.75, 3.05) is 5.32 Å². The van der Waals surface area contributed by atoms with E-state index >= 15 is 0 Å². The number of hydrogen-bond donors (Lipinski definition) is 1. The highest BCUT2D eigenvalue weighted by molar-refractivity contribution is 6.30. The van der Waals surface area contributed by atoms with Gasteiger partial charge in [0.05, 0.1) is 0 Å². The standard InChI is InChI=1S/C20H20ClN3O/c1-15-8-9-22-19(12-15)23-20(25)13-17(14-24-10-2-3-11-24)16-4-6-18(21)7-5-16/h2-12,17H,13-14H2,1H3,(H,22,23,25). The van der Waals surface area contributed by atoms with Crippen LogP contribution in [0.15, 0.2) is 67.1 Å². The Labute approximate surface area is 152 Å². The Morgan fingerprint density at radius 3 is 2.60 bits per heavy atom. The molecule has 0 bridgehead atoms. The number of pyridine rings is 1. The highest BCUT2D eigenvalue weighted by atomic mass is 35.5. The van der Waals surface area contributed by atoms with Crippen LogP contribution in [0.2, 0.25) is 5.02 Å². The number of carbonyl (C=O) groups excluding carboxylic acids is 1. The Bertz CT molecular complexity index is 828. The van der Waals surface area contributed by atoms with Gasteiger partial charge in [0.25, 0.3) is 0 Å². The lowest BCUT2D eigenvalue weighted by molar-refractivity contribution is -0.116. The predicted octanol–water partition coefficient (Wildman–Crippen LogP) is 4.66. The molecule has 1 atom stereocenters. The number of nitrogens with zero attached hydrogens (tertiary/aromatic N) is 2. The number of nitrogens with one attached hydrogen (secondary N) is 1. The van der Waals surface area contributed by atoms with Gasteiger partial charge in [0.15, 0.2) is 0 Å². The van der Waals surface area contributed by atoms with Crippen LogP contribution >= 0.6 is 11.6 Å². The molecule has 1 unspecified atom stereocenters. The van der Waals surface area contributed by atoms with E-state index in [0.717, 1.165) is 17.7 Å². The first kappa shape index (κ1) is 17.2. The Morgan fingerprint density at radius 1 is 1.20 bits per heavy atom. The molecule has 0 saturated carbocycles. The molecule has 0 aliphatic heterocycles. The zero-order valence-corrected chi connectivity index (χ0v) is 14.8. The summed E-state index contributed by atoms with van der Waals surface area (Å²) in [7, 11) is 0. The number of aryl methyl sites for hydroxylation is 1. The molecule has 2 aromatic heterocycles. The number of carbonyl (C=O) groups is 1. The fourth-order valence-corrected chi connectivity index (χ4v) is 2.92. The quantitative estimate of drug-likeness (QED) is 0.700. The van der Waals surface area contributed by atoms with Crippen LogP contribution in [0.25, 0.3) is 0 Å². The van der Waals surface area contributed by atoms with Crippen LogP contribution in [0.5, 0.6) is 0 Å². The topological polar surface area (TPSA) is 46.9 Å². The molecule has 0 aliphatic carbocycles. The van der Waals surface area contributed by atoms with Crippen LogP contribution in [0.1, 0.15) is 23.5 Å². The minimum atomic E-state index is -0.0507. The number of benzene rings is 1. The lowest BCUT2D eigenvalue weighted by Gasteiger charge is -2.18. The van der Waals surface area contributed by atoms with Crippen LogP contribution < -0.4 is 5.32 Å². The van der Waals surface area contributed by atoms with E-state index < -0.39 is 0 Å². The molecule has 0 fully saturated rings. The summed E-state index contributed by atoms with van der Waals surface area (Å²) >= 11 is 5.99. The smallest absolute Gasteiger partial charge is 0.226 e. The Morgan fingerprint density at radius 2 is 1.92 bits per heavy atom. The van der Waals surface area contributed by atoms with Crippen LogP contribution in [0.3, 0.4) is 0 Å². The summed E-state index contributed by atoms with van der Waals surface area (Å²) in [6, 6.07) is 15.4. The zero-order chi connectivity index (χ0) is 17.6. The van der Waals surface area contributed by atoms with Crippen LogP contribution in [0.4, 0.5) is 5.82 Å². The number of aromatic nitrogens is 2. The van der Waals surface area contributed by atoms with Gasteiger partial charge in [0, 0.05) is 42.5 Å². The van der Waals surface area contributed by atoms with Crippen molar-refractivity contribution in [3.63, 3.8) is 0 Å². The molecule has 0 aliphatic rings. The Balaban J connectivity index is 1.74. The monoisotopic (exact) mass is 353 g/mol. The van der Waals surface area contributed by atoms with Gasteiger partial charge in [0.1, 0.15) is 5.82 Å². The van der Waals surface area contributed by atoms with Gasteiger partial charge in [-0.15, -0.1) is 0 Å². The van der Waals surface area contributed by atoms with Gasteiger partial charge in [-0.1, -0.05) is 23.7 Å². The highest BCUT2D eigenvalue weighted by Gasteiger charge is 2.17. The fraction of sp³-hybridized carbons (Fsp3) is 0.200. The maximum absolute atomic E-state index is 12.5. The van der Waals surface area contributed by atoms with Crippen molar-refractivity contribution < 1.29 is 4.79 Å². The first-order valence-electron chi connectivity index (χ1n) is 8.19. The summed E-state index contributed by atoms with van der Waals surface area (Å²) in [6.07, 6.45) is 6.07. The van der Waals surface area contributed by atoms with E-state index in [-0.39, 0.29) is 11.8 Å². The summed E-state index contributed by atoms with van der Waals surface area (Å²) in [5, 5.41) is 3.58. The zero-order valence-electron chi connectivity index (χ0n) is 14.0. The van der Waals surface area contributed by atoms with Crippen molar-refractivity contribution in [1.82, 2.24) is 9.55 Å². The fourth-order valence-electron chi connectivity index (χ4n) is 2.79. The van der Waals surface area contributed by atoms with Gasteiger partial charge >= 0.3 is 0 Å². The molecule has 5 heteroatoms. The van der Waals surface area contributed by atoms with E-state index in [2.05, 4.69) is 14.9 Å². The van der Waals surface area contributed by atoms with E-state index in [0.29, 0.717) is 17.3 Å². The van der Waals surface area contributed by atoms with Crippen molar-refractivity contribution in [2.45, 2.75) is 25.8 Å². The molecule has 128 valence electrons. The van der Waals surface area contributed by atoms with Gasteiger partial charge in [-0.25, -0.2) is 4.98 Å². The normalized spacial score (nSPS) is 11.9. The molecule has 3 rings (SSSR count). The summed E-state index contributed by atoms with van der Waals surface area (Å²) in [5.41, 5.74) is 2.15. The molecular formula is C20H20ClN3O. The molecule has 0 radical (unpaired) electrons. The maximum atomic E-state index is 12.5. The van der Waals surface area contributed by atoms with Crippen LogP contribution in [0, 0.1) is 6.92 Å². The third-order valence-corrected chi connectivity index (χ3v) is 4.31. The van der Waals surface area contributed by atoms with Gasteiger partial charge in [-0.3, -0.25) is 4.79 Å². The maximum Gasteiger partial charge on any atom is 0.226 e. The molecular weight excluding hydrogens is 334 g/mol. The largest absolute Gasteiger partial charge is 0.354 e. The average molecular weight is 354 g/mol. The molecule has 25 heavy (non-hydrogen) atoms. The van der Waals surface area contributed by atoms with Crippen molar-refractivity contribution in [3.05, 3.63) is 83.3 Å². The molecule has 4 nitrogen and oxygen atoms in total. The molecule has 3 aromatic rings. The summed E-state index contributed by atoms with van der Waals surface area (Å²) in [6.45, 7) is 2.70. The molecule has 1 N–H and O–H groups in total. The van der Waals surface area contributed by atoms with Gasteiger partial charge in [-0.2, -0.15) is 0 Å². The number of anilines is 1.